The first-order chi connectivity index (χ1) is 13.7. The molecule has 9 heteroatoms. The third-order valence-corrected chi connectivity index (χ3v) is 4.52. The largest absolute Gasteiger partial charge is 0.351 e. The summed E-state index contributed by atoms with van der Waals surface area (Å²) < 4.78 is 17.7. The predicted molar refractivity (Wildman–Crippen MR) is 101 cm³/mol. The average Bonchev–Trinajstić information content (AvgIpc) is 3.32. The Balaban J connectivity index is 1.52. The second kappa shape index (κ2) is 6.38. The van der Waals surface area contributed by atoms with Gasteiger partial charge in [-0.3, -0.25) is 4.40 Å². The summed E-state index contributed by atoms with van der Waals surface area (Å²) in [5, 5.41) is 21.2. The lowest BCUT2D eigenvalue weighted by Crippen LogP contribution is -2.20. The molecule has 0 saturated carbocycles. The zero-order valence-corrected chi connectivity index (χ0v) is 14.9. The number of aromatic nitrogens is 7. The Labute approximate surface area is 158 Å². The summed E-state index contributed by atoms with van der Waals surface area (Å²) >= 11 is 0. The van der Waals surface area contributed by atoms with E-state index in [-0.39, 0.29) is 5.82 Å². The minimum absolute atomic E-state index is 0.353. The fourth-order valence-electron chi connectivity index (χ4n) is 3.09. The molecule has 138 valence electrons. The molecule has 8 nitrogen and oxygen atoms in total. The van der Waals surface area contributed by atoms with Crippen LogP contribution >= 0.6 is 0 Å². The SMILES string of the molecule is CN(Cc1nnc2ccccn12)c1ccc2nnc(-c3ccccc3F)n2n1. The molecular formula is C19H15FN8. The van der Waals surface area contributed by atoms with Crippen LogP contribution in [0.15, 0.2) is 60.8 Å². The Bertz CT molecular complexity index is 1290. The van der Waals surface area contributed by atoms with Crippen molar-refractivity contribution in [3.05, 3.63) is 72.4 Å². The number of halogens is 1. The monoisotopic (exact) mass is 374 g/mol. The highest BCUT2D eigenvalue weighted by atomic mass is 19.1. The van der Waals surface area contributed by atoms with E-state index in [0.29, 0.717) is 29.4 Å². The van der Waals surface area contributed by atoms with E-state index in [0.717, 1.165) is 11.5 Å². The molecule has 0 atom stereocenters. The van der Waals surface area contributed by atoms with Crippen molar-refractivity contribution in [1.82, 2.24) is 34.4 Å². The maximum absolute atomic E-state index is 14.2. The number of fused-ring (bicyclic) bond motifs is 2. The van der Waals surface area contributed by atoms with Crippen LogP contribution in [-0.4, -0.2) is 41.5 Å². The minimum atomic E-state index is -0.368. The summed E-state index contributed by atoms with van der Waals surface area (Å²) in [6.07, 6.45) is 1.92. The molecule has 1 aromatic carbocycles. The van der Waals surface area contributed by atoms with Crippen molar-refractivity contribution in [2.45, 2.75) is 6.54 Å². The molecule has 0 fully saturated rings. The van der Waals surface area contributed by atoms with Gasteiger partial charge < -0.3 is 4.90 Å². The Kier molecular flexibility index (Phi) is 3.71. The van der Waals surface area contributed by atoms with Gasteiger partial charge in [0.2, 0.25) is 0 Å². The van der Waals surface area contributed by atoms with Gasteiger partial charge in [0, 0.05) is 13.2 Å². The highest BCUT2D eigenvalue weighted by molar-refractivity contribution is 5.60. The maximum Gasteiger partial charge on any atom is 0.188 e. The van der Waals surface area contributed by atoms with Gasteiger partial charge in [0.1, 0.15) is 11.6 Å². The first-order valence-corrected chi connectivity index (χ1v) is 8.68. The molecule has 0 aliphatic rings. The third-order valence-electron chi connectivity index (χ3n) is 4.52. The molecule has 0 bridgehead atoms. The second-order valence-corrected chi connectivity index (χ2v) is 6.37. The van der Waals surface area contributed by atoms with Gasteiger partial charge in [-0.1, -0.05) is 18.2 Å². The molecular weight excluding hydrogens is 359 g/mol. The molecule has 0 aliphatic carbocycles. The van der Waals surface area contributed by atoms with E-state index in [1.807, 2.05) is 46.8 Å². The van der Waals surface area contributed by atoms with Crippen molar-refractivity contribution in [2.24, 2.45) is 0 Å². The lowest BCUT2D eigenvalue weighted by Gasteiger charge is -2.17. The van der Waals surface area contributed by atoms with Gasteiger partial charge in [0.25, 0.3) is 0 Å². The molecule has 0 unspecified atom stereocenters. The number of rotatable bonds is 4. The van der Waals surface area contributed by atoms with Crippen LogP contribution in [0.4, 0.5) is 10.2 Å². The molecule has 0 aliphatic heterocycles. The zero-order chi connectivity index (χ0) is 19.1. The van der Waals surface area contributed by atoms with Crippen molar-refractivity contribution in [3.8, 4) is 11.4 Å². The molecule has 5 rings (SSSR count). The van der Waals surface area contributed by atoms with Gasteiger partial charge in [0.05, 0.1) is 12.1 Å². The summed E-state index contributed by atoms with van der Waals surface area (Å²) in [6, 6.07) is 15.8. The predicted octanol–water partition coefficient (Wildman–Crippen LogP) is 2.61. The molecule has 0 N–H and O–H groups in total. The molecule has 4 aromatic heterocycles. The summed E-state index contributed by atoms with van der Waals surface area (Å²) in [5.74, 6) is 1.46. The first-order valence-electron chi connectivity index (χ1n) is 8.68. The summed E-state index contributed by atoms with van der Waals surface area (Å²) in [6.45, 7) is 0.501. The number of benzene rings is 1. The highest BCUT2D eigenvalue weighted by Gasteiger charge is 2.15. The van der Waals surface area contributed by atoms with Gasteiger partial charge in [-0.25, -0.2) is 4.39 Å². The van der Waals surface area contributed by atoms with E-state index in [1.54, 1.807) is 28.8 Å². The molecule has 28 heavy (non-hydrogen) atoms. The van der Waals surface area contributed by atoms with Crippen LogP contribution in [0.25, 0.3) is 22.7 Å². The van der Waals surface area contributed by atoms with Crippen molar-refractivity contribution in [3.63, 3.8) is 0 Å². The number of nitrogens with zero attached hydrogens (tertiary/aromatic N) is 8. The maximum atomic E-state index is 14.2. The van der Waals surface area contributed by atoms with Gasteiger partial charge in [-0.2, -0.15) is 4.52 Å². The molecule has 0 saturated heterocycles. The summed E-state index contributed by atoms with van der Waals surface area (Å²) in [7, 11) is 1.91. The van der Waals surface area contributed by atoms with Crippen LogP contribution in [0.5, 0.6) is 0 Å². The minimum Gasteiger partial charge on any atom is -0.351 e. The van der Waals surface area contributed by atoms with Crippen LogP contribution in [0, 0.1) is 5.82 Å². The number of anilines is 1. The Hall–Kier alpha value is -3.88. The van der Waals surface area contributed by atoms with E-state index in [2.05, 4.69) is 25.5 Å². The van der Waals surface area contributed by atoms with Gasteiger partial charge in [-0.15, -0.1) is 25.5 Å². The van der Waals surface area contributed by atoms with Crippen molar-refractivity contribution in [2.75, 3.05) is 11.9 Å². The summed E-state index contributed by atoms with van der Waals surface area (Å²) in [5.41, 5.74) is 1.68. The molecule has 0 spiro atoms. The van der Waals surface area contributed by atoms with Crippen LogP contribution in [0.1, 0.15) is 5.82 Å². The molecule has 0 amide bonds. The van der Waals surface area contributed by atoms with E-state index in [4.69, 9.17) is 0 Å². The van der Waals surface area contributed by atoms with Crippen molar-refractivity contribution in [1.29, 1.82) is 0 Å². The quantitative estimate of drug-likeness (QED) is 0.481. The topological polar surface area (TPSA) is 76.5 Å². The fourth-order valence-corrected chi connectivity index (χ4v) is 3.09. The first kappa shape index (κ1) is 16.3. The van der Waals surface area contributed by atoms with E-state index >= 15 is 0 Å². The standard InChI is InChI=1S/C19H15FN8/c1-26(12-18-23-21-15-8-4-5-11-27(15)18)17-10-9-16-22-24-19(28(16)25-17)13-6-2-3-7-14(13)20/h2-11H,12H2,1H3. The number of hydrogen-bond acceptors (Lipinski definition) is 6. The lowest BCUT2D eigenvalue weighted by atomic mass is 10.2. The van der Waals surface area contributed by atoms with E-state index in [1.165, 1.54) is 6.07 Å². The van der Waals surface area contributed by atoms with Gasteiger partial charge >= 0.3 is 0 Å². The van der Waals surface area contributed by atoms with Crippen molar-refractivity contribution < 1.29 is 4.39 Å². The molecule has 5 aromatic rings. The second-order valence-electron chi connectivity index (χ2n) is 6.37. The number of hydrogen-bond donors (Lipinski definition) is 0. The Morgan fingerprint density at radius 2 is 1.71 bits per heavy atom. The zero-order valence-electron chi connectivity index (χ0n) is 14.9. The molecule has 4 heterocycles. The third kappa shape index (κ3) is 2.64. The summed E-state index contributed by atoms with van der Waals surface area (Å²) in [4.78, 5) is 1.94. The smallest absolute Gasteiger partial charge is 0.188 e. The fraction of sp³-hybridized carbons (Fsp3) is 0.105. The van der Waals surface area contributed by atoms with Crippen molar-refractivity contribution >= 4 is 17.1 Å². The normalized spacial score (nSPS) is 11.4. The van der Waals surface area contributed by atoms with E-state index < -0.39 is 0 Å². The highest BCUT2D eigenvalue weighted by Crippen LogP contribution is 2.22. The molecule has 0 radical (unpaired) electrons. The van der Waals surface area contributed by atoms with Crippen LogP contribution in [-0.2, 0) is 6.54 Å². The average molecular weight is 374 g/mol. The van der Waals surface area contributed by atoms with Gasteiger partial charge in [-0.05, 0) is 36.4 Å². The Morgan fingerprint density at radius 3 is 2.61 bits per heavy atom. The Morgan fingerprint density at radius 1 is 0.893 bits per heavy atom. The van der Waals surface area contributed by atoms with Crippen LogP contribution in [0.2, 0.25) is 0 Å². The number of pyridine rings is 1. The van der Waals surface area contributed by atoms with Crippen LogP contribution < -0.4 is 4.90 Å². The lowest BCUT2D eigenvalue weighted by molar-refractivity contribution is 0.629. The van der Waals surface area contributed by atoms with Crippen LogP contribution in [0.3, 0.4) is 0 Å². The van der Waals surface area contributed by atoms with E-state index in [9.17, 15) is 4.39 Å². The van der Waals surface area contributed by atoms with Gasteiger partial charge in [0.15, 0.2) is 22.9 Å².